The van der Waals surface area contributed by atoms with E-state index in [1.165, 1.54) is 0 Å². The SMILES string of the molecule is CC(CN)Cc1ncncc1Br. The van der Waals surface area contributed by atoms with Crippen LogP contribution < -0.4 is 5.73 Å². The molecule has 66 valence electrons. The molecule has 1 rings (SSSR count). The van der Waals surface area contributed by atoms with Crippen LogP contribution >= 0.6 is 15.9 Å². The number of hydrogen-bond acceptors (Lipinski definition) is 3. The van der Waals surface area contributed by atoms with Gasteiger partial charge in [-0.3, -0.25) is 0 Å². The molecule has 0 saturated heterocycles. The Bertz CT molecular complexity index is 252. The number of nitrogens with two attached hydrogens (primary N) is 1. The van der Waals surface area contributed by atoms with E-state index >= 15 is 0 Å². The third-order valence-corrected chi connectivity index (χ3v) is 2.35. The molecular formula is C8H12BrN3. The zero-order chi connectivity index (χ0) is 8.97. The third-order valence-electron chi connectivity index (χ3n) is 1.69. The van der Waals surface area contributed by atoms with E-state index in [-0.39, 0.29) is 0 Å². The molecule has 0 aliphatic rings. The summed E-state index contributed by atoms with van der Waals surface area (Å²) in [6, 6.07) is 0. The lowest BCUT2D eigenvalue weighted by molar-refractivity contribution is 0.581. The van der Waals surface area contributed by atoms with Gasteiger partial charge >= 0.3 is 0 Å². The lowest BCUT2D eigenvalue weighted by Crippen LogP contribution is -2.14. The molecule has 1 atom stereocenters. The van der Waals surface area contributed by atoms with Gasteiger partial charge < -0.3 is 5.73 Å². The average molecular weight is 230 g/mol. The van der Waals surface area contributed by atoms with E-state index in [2.05, 4.69) is 32.8 Å². The summed E-state index contributed by atoms with van der Waals surface area (Å²) in [5.41, 5.74) is 6.54. The van der Waals surface area contributed by atoms with Crippen molar-refractivity contribution in [3.63, 3.8) is 0 Å². The van der Waals surface area contributed by atoms with E-state index < -0.39 is 0 Å². The fraction of sp³-hybridized carbons (Fsp3) is 0.500. The summed E-state index contributed by atoms with van der Waals surface area (Å²) < 4.78 is 0.963. The van der Waals surface area contributed by atoms with Crippen molar-refractivity contribution < 1.29 is 0 Å². The first kappa shape index (κ1) is 9.61. The number of nitrogens with zero attached hydrogens (tertiary/aromatic N) is 2. The highest BCUT2D eigenvalue weighted by atomic mass is 79.9. The number of aromatic nitrogens is 2. The topological polar surface area (TPSA) is 51.8 Å². The Kier molecular flexibility index (Phi) is 3.62. The van der Waals surface area contributed by atoms with Gasteiger partial charge in [-0.25, -0.2) is 9.97 Å². The quantitative estimate of drug-likeness (QED) is 0.853. The zero-order valence-corrected chi connectivity index (χ0v) is 8.58. The zero-order valence-electron chi connectivity index (χ0n) is 7.00. The fourth-order valence-corrected chi connectivity index (χ4v) is 1.28. The van der Waals surface area contributed by atoms with Gasteiger partial charge in [-0.1, -0.05) is 6.92 Å². The van der Waals surface area contributed by atoms with Crippen LogP contribution in [0.5, 0.6) is 0 Å². The van der Waals surface area contributed by atoms with Gasteiger partial charge in [0.25, 0.3) is 0 Å². The highest BCUT2D eigenvalue weighted by Crippen LogP contribution is 2.15. The Labute approximate surface area is 80.5 Å². The maximum Gasteiger partial charge on any atom is 0.115 e. The summed E-state index contributed by atoms with van der Waals surface area (Å²) in [6.07, 6.45) is 4.22. The lowest BCUT2D eigenvalue weighted by atomic mass is 10.1. The fourth-order valence-electron chi connectivity index (χ4n) is 0.902. The van der Waals surface area contributed by atoms with E-state index in [0.29, 0.717) is 12.5 Å². The van der Waals surface area contributed by atoms with Crippen molar-refractivity contribution in [2.75, 3.05) is 6.54 Å². The van der Waals surface area contributed by atoms with Crippen molar-refractivity contribution in [3.05, 3.63) is 22.7 Å². The molecule has 4 heteroatoms. The molecule has 0 bridgehead atoms. The highest BCUT2D eigenvalue weighted by Gasteiger charge is 2.05. The van der Waals surface area contributed by atoms with Crippen molar-refractivity contribution in [1.82, 2.24) is 9.97 Å². The molecular weight excluding hydrogens is 218 g/mol. The minimum Gasteiger partial charge on any atom is -0.330 e. The van der Waals surface area contributed by atoms with Crippen LogP contribution in [0.3, 0.4) is 0 Å². The number of rotatable bonds is 3. The van der Waals surface area contributed by atoms with E-state index in [1.807, 2.05) is 0 Å². The summed E-state index contributed by atoms with van der Waals surface area (Å²) in [5, 5.41) is 0. The minimum atomic E-state index is 0.469. The van der Waals surface area contributed by atoms with Crippen molar-refractivity contribution in [2.24, 2.45) is 11.7 Å². The molecule has 1 unspecified atom stereocenters. The summed E-state index contributed by atoms with van der Waals surface area (Å²) in [5.74, 6) is 0.469. The molecule has 0 saturated carbocycles. The molecule has 3 nitrogen and oxygen atoms in total. The molecule has 0 amide bonds. The van der Waals surface area contributed by atoms with Gasteiger partial charge in [-0.15, -0.1) is 0 Å². The maximum absolute atomic E-state index is 5.51. The second kappa shape index (κ2) is 4.52. The van der Waals surface area contributed by atoms with Crippen LogP contribution in [0, 0.1) is 5.92 Å². The standard InChI is InChI=1S/C8H12BrN3/c1-6(3-10)2-8-7(9)4-11-5-12-8/h4-6H,2-3,10H2,1H3. The van der Waals surface area contributed by atoms with Crippen molar-refractivity contribution in [2.45, 2.75) is 13.3 Å². The lowest BCUT2D eigenvalue weighted by Gasteiger charge is -2.07. The number of halogens is 1. The van der Waals surface area contributed by atoms with Gasteiger partial charge in [0.15, 0.2) is 0 Å². The molecule has 0 aliphatic heterocycles. The molecule has 2 N–H and O–H groups in total. The largest absolute Gasteiger partial charge is 0.330 e. The van der Waals surface area contributed by atoms with Crippen LogP contribution in [0.25, 0.3) is 0 Å². The van der Waals surface area contributed by atoms with Crippen LogP contribution in [0.1, 0.15) is 12.6 Å². The monoisotopic (exact) mass is 229 g/mol. The van der Waals surface area contributed by atoms with Gasteiger partial charge in [0, 0.05) is 6.20 Å². The van der Waals surface area contributed by atoms with Gasteiger partial charge in [-0.2, -0.15) is 0 Å². The Hall–Kier alpha value is -0.480. The van der Waals surface area contributed by atoms with Gasteiger partial charge in [0.1, 0.15) is 6.33 Å². The van der Waals surface area contributed by atoms with Crippen molar-refractivity contribution >= 4 is 15.9 Å². The summed E-state index contributed by atoms with van der Waals surface area (Å²) >= 11 is 3.39. The average Bonchev–Trinajstić information content (AvgIpc) is 2.09. The Morgan fingerprint density at radius 1 is 1.67 bits per heavy atom. The highest BCUT2D eigenvalue weighted by molar-refractivity contribution is 9.10. The summed E-state index contributed by atoms with van der Waals surface area (Å²) in [4.78, 5) is 8.04. The smallest absolute Gasteiger partial charge is 0.115 e. The van der Waals surface area contributed by atoms with Crippen molar-refractivity contribution in [1.29, 1.82) is 0 Å². The molecule has 0 radical (unpaired) electrons. The van der Waals surface area contributed by atoms with E-state index in [9.17, 15) is 0 Å². The first-order chi connectivity index (χ1) is 5.74. The Morgan fingerprint density at radius 3 is 3.00 bits per heavy atom. The molecule has 0 aromatic carbocycles. The molecule has 1 aromatic rings. The third kappa shape index (κ3) is 2.53. The van der Waals surface area contributed by atoms with Crippen LogP contribution in [0.15, 0.2) is 17.0 Å². The second-order valence-corrected chi connectivity index (χ2v) is 3.72. The van der Waals surface area contributed by atoms with Crippen LogP contribution in [-0.4, -0.2) is 16.5 Å². The predicted octanol–water partition coefficient (Wildman–Crippen LogP) is 1.38. The van der Waals surface area contributed by atoms with Crippen LogP contribution in [0.2, 0.25) is 0 Å². The van der Waals surface area contributed by atoms with Crippen molar-refractivity contribution in [3.8, 4) is 0 Å². The number of hydrogen-bond donors (Lipinski definition) is 1. The Morgan fingerprint density at radius 2 is 2.42 bits per heavy atom. The second-order valence-electron chi connectivity index (χ2n) is 2.86. The summed E-state index contributed by atoms with van der Waals surface area (Å²) in [7, 11) is 0. The van der Waals surface area contributed by atoms with E-state index in [0.717, 1.165) is 16.6 Å². The molecule has 12 heavy (non-hydrogen) atoms. The van der Waals surface area contributed by atoms with Crippen LogP contribution in [0.4, 0.5) is 0 Å². The van der Waals surface area contributed by atoms with E-state index in [1.54, 1.807) is 12.5 Å². The predicted molar refractivity (Wildman–Crippen MR) is 51.7 cm³/mol. The van der Waals surface area contributed by atoms with Gasteiger partial charge in [-0.05, 0) is 34.8 Å². The minimum absolute atomic E-state index is 0.469. The van der Waals surface area contributed by atoms with Crippen LogP contribution in [-0.2, 0) is 6.42 Å². The van der Waals surface area contributed by atoms with Gasteiger partial charge in [0.2, 0.25) is 0 Å². The maximum atomic E-state index is 5.51. The summed E-state index contributed by atoms with van der Waals surface area (Å²) in [6.45, 7) is 2.80. The molecule has 0 spiro atoms. The first-order valence-electron chi connectivity index (χ1n) is 3.88. The molecule has 1 aromatic heterocycles. The molecule has 1 heterocycles. The Balaban J connectivity index is 2.69. The van der Waals surface area contributed by atoms with E-state index in [4.69, 9.17) is 5.73 Å². The molecule has 0 fully saturated rings. The van der Waals surface area contributed by atoms with Gasteiger partial charge in [0.05, 0.1) is 10.2 Å². The molecule has 0 aliphatic carbocycles. The first-order valence-corrected chi connectivity index (χ1v) is 4.67. The normalized spacial score (nSPS) is 12.9.